The van der Waals surface area contributed by atoms with E-state index in [0.717, 1.165) is 34.0 Å². The maximum absolute atomic E-state index is 12.8. The van der Waals surface area contributed by atoms with Gasteiger partial charge in [-0.05, 0) is 36.1 Å². The number of nitrogens with one attached hydrogen (secondary N) is 2. The molecule has 0 atom stereocenters. The molecular formula is C25H24N2O3S. The third kappa shape index (κ3) is 4.39. The fourth-order valence-corrected chi connectivity index (χ4v) is 4.58. The summed E-state index contributed by atoms with van der Waals surface area (Å²) in [6.45, 7) is 4.14. The number of aryl methyl sites for hydroxylation is 1. The van der Waals surface area contributed by atoms with Crippen LogP contribution in [0.4, 0.5) is 5.00 Å². The van der Waals surface area contributed by atoms with E-state index in [0.29, 0.717) is 10.6 Å². The minimum absolute atomic E-state index is 0.176. The van der Waals surface area contributed by atoms with Crippen LogP contribution < -0.4 is 5.32 Å². The number of anilines is 1. The highest BCUT2D eigenvalue weighted by Crippen LogP contribution is 2.36. The molecule has 2 N–H and O–H groups in total. The van der Waals surface area contributed by atoms with Crippen molar-refractivity contribution in [3.05, 3.63) is 76.8 Å². The predicted octanol–water partition coefficient (Wildman–Crippen LogP) is 5.82. The first-order chi connectivity index (χ1) is 15.1. The Morgan fingerprint density at radius 3 is 2.58 bits per heavy atom. The van der Waals surface area contributed by atoms with Crippen LogP contribution in [0.5, 0.6) is 0 Å². The summed E-state index contributed by atoms with van der Waals surface area (Å²) in [4.78, 5) is 28.7. The smallest absolute Gasteiger partial charge is 0.341 e. The minimum atomic E-state index is -0.430. The van der Waals surface area contributed by atoms with Gasteiger partial charge < -0.3 is 15.0 Å². The van der Waals surface area contributed by atoms with E-state index in [4.69, 9.17) is 4.74 Å². The second-order valence-corrected chi connectivity index (χ2v) is 8.09. The topological polar surface area (TPSA) is 71.2 Å². The van der Waals surface area contributed by atoms with Crippen LogP contribution >= 0.6 is 11.3 Å². The number of aromatic nitrogens is 1. The molecule has 0 radical (unpaired) electrons. The normalized spacial score (nSPS) is 10.9. The molecule has 6 heteroatoms. The van der Waals surface area contributed by atoms with Crippen LogP contribution in [0.2, 0.25) is 0 Å². The summed E-state index contributed by atoms with van der Waals surface area (Å²) in [6, 6.07) is 16.0. The molecule has 4 aromatic rings. The predicted molar refractivity (Wildman–Crippen MR) is 126 cm³/mol. The lowest BCUT2D eigenvalue weighted by Gasteiger charge is -2.09. The molecule has 0 saturated carbocycles. The number of hydrogen-bond acceptors (Lipinski definition) is 4. The standard InChI is InChI=1S/C25H24N2O3S/c1-3-16-9-11-17(12-10-16)20-15-31-24(23(20)25(29)30-4-2)27-22(28)13-18-14-26-21-8-6-5-7-19(18)21/h5-12,14-15,26H,3-4,13H2,1-2H3,(H,27,28). The molecule has 0 aliphatic carbocycles. The molecule has 2 heterocycles. The summed E-state index contributed by atoms with van der Waals surface area (Å²) < 4.78 is 5.29. The Hall–Kier alpha value is -3.38. The summed E-state index contributed by atoms with van der Waals surface area (Å²) in [5.41, 5.74) is 5.23. The van der Waals surface area contributed by atoms with E-state index >= 15 is 0 Å². The average Bonchev–Trinajstić information content (AvgIpc) is 3.38. The van der Waals surface area contributed by atoms with Gasteiger partial charge in [0.05, 0.1) is 13.0 Å². The van der Waals surface area contributed by atoms with E-state index in [1.165, 1.54) is 16.9 Å². The van der Waals surface area contributed by atoms with E-state index in [-0.39, 0.29) is 18.9 Å². The molecule has 158 valence electrons. The Bertz CT molecular complexity index is 1220. The SMILES string of the molecule is CCOC(=O)c1c(-c2ccc(CC)cc2)csc1NC(=O)Cc1c[nH]c2ccccc12. The monoisotopic (exact) mass is 432 g/mol. The van der Waals surface area contributed by atoms with Crippen molar-refractivity contribution in [3.8, 4) is 11.1 Å². The molecule has 31 heavy (non-hydrogen) atoms. The number of rotatable bonds is 7. The van der Waals surface area contributed by atoms with E-state index < -0.39 is 5.97 Å². The zero-order valence-electron chi connectivity index (χ0n) is 17.5. The summed E-state index contributed by atoms with van der Waals surface area (Å²) in [5, 5.41) is 6.36. The molecule has 2 aromatic heterocycles. The molecule has 0 aliphatic heterocycles. The van der Waals surface area contributed by atoms with Gasteiger partial charge in [0.15, 0.2) is 0 Å². The van der Waals surface area contributed by atoms with E-state index in [9.17, 15) is 9.59 Å². The highest BCUT2D eigenvalue weighted by molar-refractivity contribution is 7.15. The first-order valence-electron chi connectivity index (χ1n) is 10.3. The van der Waals surface area contributed by atoms with Crippen LogP contribution in [0, 0.1) is 0 Å². The van der Waals surface area contributed by atoms with Crippen LogP contribution in [-0.2, 0) is 22.4 Å². The number of ether oxygens (including phenoxy) is 1. The van der Waals surface area contributed by atoms with Gasteiger partial charge in [-0.1, -0.05) is 49.4 Å². The molecule has 4 rings (SSSR count). The lowest BCUT2D eigenvalue weighted by atomic mass is 10.0. The maximum atomic E-state index is 12.8. The summed E-state index contributed by atoms with van der Waals surface area (Å²) in [6.07, 6.45) is 3.01. The van der Waals surface area contributed by atoms with E-state index in [1.54, 1.807) is 6.92 Å². The molecule has 2 aromatic carbocycles. The number of carbonyl (C=O) groups is 2. The van der Waals surface area contributed by atoms with Gasteiger partial charge in [0.2, 0.25) is 5.91 Å². The number of thiophene rings is 1. The number of carbonyl (C=O) groups excluding carboxylic acids is 2. The van der Waals surface area contributed by atoms with Gasteiger partial charge in [-0.3, -0.25) is 4.79 Å². The van der Waals surface area contributed by atoms with Gasteiger partial charge in [-0.25, -0.2) is 4.79 Å². The molecule has 0 fully saturated rings. The molecule has 0 spiro atoms. The van der Waals surface area contributed by atoms with E-state index in [2.05, 4.69) is 29.4 Å². The van der Waals surface area contributed by atoms with Crippen molar-refractivity contribution < 1.29 is 14.3 Å². The Morgan fingerprint density at radius 1 is 1.06 bits per heavy atom. The summed E-state index contributed by atoms with van der Waals surface area (Å²) >= 11 is 1.34. The van der Waals surface area contributed by atoms with Crippen molar-refractivity contribution in [2.24, 2.45) is 0 Å². The highest BCUT2D eigenvalue weighted by atomic mass is 32.1. The minimum Gasteiger partial charge on any atom is -0.462 e. The molecule has 0 aliphatic rings. The summed E-state index contributed by atoms with van der Waals surface area (Å²) in [5.74, 6) is -0.606. The number of amides is 1. The second kappa shape index (κ2) is 9.18. The zero-order valence-corrected chi connectivity index (χ0v) is 18.3. The average molecular weight is 433 g/mol. The van der Waals surface area contributed by atoms with Crippen molar-refractivity contribution in [1.29, 1.82) is 0 Å². The molecule has 0 unspecified atom stereocenters. The number of benzene rings is 2. The number of H-pyrrole nitrogens is 1. The maximum Gasteiger partial charge on any atom is 0.341 e. The molecule has 1 amide bonds. The van der Waals surface area contributed by atoms with Gasteiger partial charge in [-0.2, -0.15) is 0 Å². The Labute approximate surface area is 185 Å². The van der Waals surface area contributed by atoms with Crippen molar-refractivity contribution in [2.75, 3.05) is 11.9 Å². The first-order valence-corrected chi connectivity index (χ1v) is 11.2. The van der Waals surface area contributed by atoms with Crippen LogP contribution in [-0.4, -0.2) is 23.5 Å². The zero-order chi connectivity index (χ0) is 21.8. The third-order valence-electron chi connectivity index (χ3n) is 5.22. The van der Waals surface area contributed by atoms with Gasteiger partial charge in [0.25, 0.3) is 0 Å². The van der Waals surface area contributed by atoms with Gasteiger partial charge >= 0.3 is 5.97 Å². The van der Waals surface area contributed by atoms with Crippen LogP contribution in [0.3, 0.4) is 0 Å². The lowest BCUT2D eigenvalue weighted by molar-refractivity contribution is -0.115. The number of esters is 1. The van der Waals surface area contributed by atoms with Crippen molar-refractivity contribution in [1.82, 2.24) is 4.98 Å². The quantitative estimate of drug-likeness (QED) is 0.362. The Kier molecular flexibility index (Phi) is 6.18. The largest absolute Gasteiger partial charge is 0.462 e. The molecule has 0 saturated heterocycles. The van der Waals surface area contributed by atoms with Crippen molar-refractivity contribution in [3.63, 3.8) is 0 Å². The van der Waals surface area contributed by atoms with Gasteiger partial charge in [0.1, 0.15) is 10.6 Å². The Morgan fingerprint density at radius 2 is 1.84 bits per heavy atom. The molecule has 5 nitrogen and oxygen atoms in total. The number of hydrogen-bond donors (Lipinski definition) is 2. The third-order valence-corrected chi connectivity index (χ3v) is 6.12. The lowest BCUT2D eigenvalue weighted by Crippen LogP contribution is -2.16. The fourth-order valence-electron chi connectivity index (χ4n) is 3.61. The second-order valence-electron chi connectivity index (χ2n) is 7.21. The molecular weight excluding hydrogens is 408 g/mol. The van der Waals surface area contributed by atoms with Crippen LogP contribution in [0.15, 0.2) is 60.1 Å². The number of para-hydroxylation sites is 1. The van der Waals surface area contributed by atoms with Crippen LogP contribution in [0.1, 0.15) is 35.3 Å². The Balaban J connectivity index is 1.61. The van der Waals surface area contributed by atoms with Crippen LogP contribution in [0.25, 0.3) is 22.0 Å². The van der Waals surface area contributed by atoms with Crippen molar-refractivity contribution >= 4 is 39.1 Å². The molecule has 0 bridgehead atoms. The van der Waals surface area contributed by atoms with Crippen molar-refractivity contribution in [2.45, 2.75) is 26.7 Å². The summed E-state index contributed by atoms with van der Waals surface area (Å²) in [7, 11) is 0. The van der Waals surface area contributed by atoms with E-state index in [1.807, 2.05) is 48.0 Å². The van der Waals surface area contributed by atoms with Gasteiger partial charge in [-0.15, -0.1) is 11.3 Å². The first kappa shape index (κ1) is 20.9. The van der Waals surface area contributed by atoms with Gasteiger partial charge in [0, 0.05) is 28.0 Å². The highest BCUT2D eigenvalue weighted by Gasteiger charge is 2.23. The number of fused-ring (bicyclic) bond motifs is 1. The fraction of sp³-hybridized carbons (Fsp3) is 0.200. The number of aromatic amines is 1.